The number of aryl methyl sites for hydroxylation is 2. The van der Waals surface area contributed by atoms with Crippen LogP contribution in [-0.2, 0) is 12.8 Å². The van der Waals surface area contributed by atoms with Crippen LogP contribution in [0, 0.1) is 6.92 Å². The van der Waals surface area contributed by atoms with E-state index < -0.39 is 0 Å². The Morgan fingerprint density at radius 2 is 1.95 bits per heavy atom. The molecule has 0 saturated heterocycles. The highest BCUT2D eigenvalue weighted by atomic mass is 16.1. The number of carbonyl (C=O) groups excluding carboxylic acids is 1. The maximum atomic E-state index is 12.4. The number of benzene rings is 2. The largest absolute Gasteiger partial charge is 0.399 e. The molecular weight excluding hydrogens is 260 g/mol. The lowest BCUT2D eigenvalue weighted by atomic mass is 9.88. The number of fused-ring (bicyclic) bond motifs is 1. The topological polar surface area (TPSA) is 55.1 Å². The fourth-order valence-corrected chi connectivity index (χ4v) is 3.03. The van der Waals surface area contributed by atoms with Gasteiger partial charge >= 0.3 is 0 Å². The Morgan fingerprint density at radius 3 is 2.71 bits per heavy atom. The molecule has 3 rings (SSSR count). The van der Waals surface area contributed by atoms with E-state index >= 15 is 0 Å². The molecule has 2 aromatic carbocycles. The average molecular weight is 280 g/mol. The van der Waals surface area contributed by atoms with E-state index in [-0.39, 0.29) is 11.9 Å². The Kier molecular flexibility index (Phi) is 3.65. The van der Waals surface area contributed by atoms with Crippen molar-refractivity contribution in [2.75, 3.05) is 5.73 Å². The summed E-state index contributed by atoms with van der Waals surface area (Å²) in [6, 6.07) is 14.1. The molecule has 1 aliphatic carbocycles. The molecule has 21 heavy (non-hydrogen) atoms. The Balaban J connectivity index is 1.71. The van der Waals surface area contributed by atoms with Gasteiger partial charge < -0.3 is 11.1 Å². The Labute approximate surface area is 125 Å². The number of carbonyl (C=O) groups is 1. The molecule has 1 amide bonds. The normalized spacial score (nSPS) is 17.1. The molecule has 3 N–H and O–H groups in total. The number of anilines is 1. The van der Waals surface area contributed by atoms with Crippen molar-refractivity contribution in [3.05, 3.63) is 64.7 Å². The molecule has 0 spiro atoms. The third-order valence-corrected chi connectivity index (χ3v) is 4.18. The van der Waals surface area contributed by atoms with Crippen LogP contribution in [-0.4, -0.2) is 11.9 Å². The van der Waals surface area contributed by atoms with E-state index in [1.165, 1.54) is 11.1 Å². The molecular formula is C18H20N2O. The van der Waals surface area contributed by atoms with Crippen LogP contribution in [0.3, 0.4) is 0 Å². The summed E-state index contributed by atoms with van der Waals surface area (Å²) in [7, 11) is 0. The standard InChI is InChI=1S/C18H20N2O/c1-12-10-15(19)7-9-17(12)18(21)20-16-8-6-13-4-2-3-5-14(13)11-16/h2-5,7,9-10,16H,6,8,11,19H2,1H3,(H,20,21). The van der Waals surface area contributed by atoms with Crippen molar-refractivity contribution in [2.24, 2.45) is 0 Å². The minimum absolute atomic E-state index is 0.00289. The lowest BCUT2D eigenvalue weighted by Crippen LogP contribution is -2.39. The quantitative estimate of drug-likeness (QED) is 0.831. The van der Waals surface area contributed by atoms with E-state index in [0.717, 1.165) is 24.8 Å². The van der Waals surface area contributed by atoms with Gasteiger partial charge in [0, 0.05) is 17.3 Å². The third kappa shape index (κ3) is 2.92. The van der Waals surface area contributed by atoms with Crippen molar-refractivity contribution in [3.63, 3.8) is 0 Å². The summed E-state index contributed by atoms with van der Waals surface area (Å²) in [4.78, 5) is 12.4. The monoisotopic (exact) mass is 280 g/mol. The van der Waals surface area contributed by atoms with E-state index in [9.17, 15) is 4.79 Å². The van der Waals surface area contributed by atoms with Gasteiger partial charge in [-0.1, -0.05) is 24.3 Å². The van der Waals surface area contributed by atoms with Crippen LogP contribution < -0.4 is 11.1 Å². The zero-order valence-corrected chi connectivity index (χ0v) is 12.2. The van der Waals surface area contributed by atoms with Gasteiger partial charge in [0.25, 0.3) is 5.91 Å². The highest BCUT2D eigenvalue weighted by Gasteiger charge is 2.20. The van der Waals surface area contributed by atoms with Gasteiger partial charge in [-0.05, 0) is 61.1 Å². The summed E-state index contributed by atoms with van der Waals surface area (Å²) in [5.41, 5.74) is 10.8. The van der Waals surface area contributed by atoms with E-state index in [0.29, 0.717) is 11.3 Å². The van der Waals surface area contributed by atoms with Crippen LogP contribution >= 0.6 is 0 Å². The van der Waals surface area contributed by atoms with Crippen molar-refractivity contribution in [2.45, 2.75) is 32.2 Å². The van der Waals surface area contributed by atoms with Gasteiger partial charge in [-0.3, -0.25) is 4.79 Å². The van der Waals surface area contributed by atoms with Crippen molar-refractivity contribution in [3.8, 4) is 0 Å². The number of amides is 1. The number of nitrogen functional groups attached to an aromatic ring is 1. The van der Waals surface area contributed by atoms with Crippen LogP contribution in [0.2, 0.25) is 0 Å². The van der Waals surface area contributed by atoms with Crippen LogP contribution in [0.4, 0.5) is 5.69 Å². The molecule has 1 aliphatic rings. The van der Waals surface area contributed by atoms with Gasteiger partial charge in [0.15, 0.2) is 0 Å². The molecule has 2 aromatic rings. The number of nitrogens with two attached hydrogens (primary N) is 1. The molecule has 0 heterocycles. The maximum absolute atomic E-state index is 12.4. The Hall–Kier alpha value is -2.29. The second-order valence-electron chi connectivity index (χ2n) is 5.76. The van der Waals surface area contributed by atoms with Crippen molar-refractivity contribution < 1.29 is 4.79 Å². The van der Waals surface area contributed by atoms with E-state index in [1.54, 1.807) is 12.1 Å². The predicted molar refractivity (Wildman–Crippen MR) is 85.3 cm³/mol. The van der Waals surface area contributed by atoms with Crippen molar-refractivity contribution >= 4 is 11.6 Å². The fourth-order valence-electron chi connectivity index (χ4n) is 3.03. The number of hydrogen-bond acceptors (Lipinski definition) is 2. The summed E-state index contributed by atoms with van der Waals surface area (Å²) in [5, 5.41) is 3.16. The first-order valence-electron chi connectivity index (χ1n) is 7.37. The lowest BCUT2D eigenvalue weighted by molar-refractivity contribution is 0.0933. The van der Waals surface area contributed by atoms with Gasteiger partial charge in [-0.2, -0.15) is 0 Å². The molecule has 1 atom stereocenters. The number of nitrogens with one attached hydrogen (secondary N) is 1. The third-order valence-electron chi connectivity index (χ3n) is 4.18. The minimum atomic E-state index is -0.00289. The van der Waals surface area contributed by atoms with Crippen LogP contribution in [0.5, 0.6) is 0 Å². The molecule has 1 unspecified atom stereocenters. The summed E-state index contributed by atoms with van der Waals surface area (Å²) in [6.07, 6.45) is 2.94. The Morgan fingerprint density at radius 1 is 1.19 bits per heavy atom. The van der Waals surface area contributed by atoms with Crippen LogP contribution in [0.15, 0.2) is 42.5 Å². The molecule has 0 saturated carbocycles. The SMILES string of the molecule is Cc1cc(N)ccc1C(=O)NC1CCc2ccccc2C1. The minimum Gasteiger partial charge on any atom is -0.399 e. The number of rotatable bonds is 2. The second kappa shape index (κ2) is 5.60. The van der Waals surface area contributed by atoms with Crippen molar-refractivity contribution in [1.29, 1.82) is 0 Å². The first-order chi connectivity index (χ1) is 10.1. The fraction of sp³-hybridized carbons (Fsp3) is 0.278. The zero-order chi connectivity index (χ0) is 14.8. The Bertz CT molecular complexity index is 679. The summed E-state index contributed by atoms with van der Waals surface area (Å²) < 4.78 is 0. The molecule has 108 valence electrons. The first-order valence-corrected chi connectivity index (χ1v) is 7.37. The molecule has 0 aromatic heterocycles. The maximum Gasteiger partial charge on any atom is 0.251 e. The predicted octanol–water partition coefficient (Wildman–Crippen LogP) is 2.86. The molecule has 0 bridgehead atoms. The highest BCUT2D eigenvalue weighted by Crippen LogP contribution is 2.21. The van der Waals surface area contributed by atoms with Gasteiger partial charge in [-0.15, -0.1) is 0 Å². The average Bonchev–Trinajstić information content (AvgIpc) is 2.47. The lowest BCUT2D eigenvalue weighted by Gasteiger charge is -2.25. The van der Waals surface area contributed by atoms with E-state index in [2.05, 4.69) is 29.6 Å². The summed E-state index contributed by atoms with van der Waals surface area (Å²) in [5.74, 6) is -0.00289. The molecule has 3 heteroatoms. The van der Waals surface area contributed by atoms with E-state index in [4.69, 9.17) is 5.73 Å². The molecule has 3 nitrogen and oxygen atoms in total. The highest BCUT2D eigenvalue weighted by molar-refractivity contribution is 5.96. The van der Waals surface area contributed by atoms with Crippen molar-refractivity contribution in [1.82, 2.24) is 5.32 Å². The van der Waals surface area contributed by atoms with Gasteiger partial charge in [0.1, 0.15) is 0 Å². The zero-order valence-electron chi connectivity index (χ0n) is 12.2. The van der Waals surface area contributed by atoms with Crippen LogP contribution in [0.1, 0.15) is 33.5 Å². The smallest absolute Gasteiger partial charge is 0.251 e. The van der Waals surface area contributed by atoms with Gasteiger partial charge in [-0.25, -0.2) is 0 Å². The second-order valence-corrected chi connectivity index (χ2v) is 5.76. The molecule has 0 radical (unpaired) electrons. The van der Waals surface area contributed by atoms with Crippen LogP contribution in [0.25, 0.3) is 0 Å². The molecule has 0 fully saturated rings. The van der Waals surface area contributed by atoms with Gasteiger partial charge in [0.2, 0.25) is 0 Å². The first kappa shape index (κ1) is 13.7. The number of hydrogen-bond donors (Lipinski definition) is 2. The van der Waals surface area contributed by atoms with E-state index in [1.807, 2.05) is 13.0 Å². The molecule has 0 aliphatic heterocycles. The summed E-state index contributed by atoms with van der Waals surface area (Å²) in [6.45, 7) is 1.92. The summed E-state index contributed by atoms with van der Waals surface area (Å²) >= 11 is 0. The van der Waals surface area contributed by atoms with Gasteiger partial charge in [0.05, 0.1) is 0 Å².